The zero-order valence-corrected chi connectivity index (χ0v) is 22.6. The third kappa shape index (κ3) is 5.12. The van der Waals surface area contributed by atoms with Gasteiger partial charge in [-0.3, -0.25) is 14.8 Å². The van der Waals surface area contributed by atoms with Crippen LogP contribution < -0.4 is 28.1 Å². The number of anilines is 3. The van der Waals surface area contributed by atoms with Gasteiger partial charge in [-0.25, -0.2) is 9.97 Å². The maximum atomic E-state index is 13.8. The maximum absolute atomic E-state index is 13.8. The Balaban J connectivity index is 1.56. The molecule has 200 valence electrons. The highest BCUT2D eigenvalue weighted by atomic mass is 32.2. The maximum Gasteiger partial charge on any atom is 0.263 e. The molecular formula is C30H28N8OS. The molecule has 0 saturated carbocycles. The fraction of sp³-hybridized carbons (Fsp3) is 0.0667. The number of hydrogen-bond acceptors (Lipinski definition) is 9. The van der Waals surface area contributed by atoms with Gasteiger partial charge in [0.05, 0.1) is 28.2 Å². The van der Waals surface area contributed by atoms with Crippen molar-refractivity contribution >= 4 is 45.6 Å². The van der Waals surface area contributed by atoms with E-state index >= 15 is 0 Å². The summed E-state index contributed by atoms with van der Waals surface area (Å²) in [6, 6.07) is 22.5. The first-order valence-electron chi connectivity index (χ1n) is 12.4. The Morgan fingerprint density at radius 1 is 1.05 bits per heavy atom. The summed E-state index contributed by atoms with van der Waals surface area (Å²) in [7, 11) is 0. The molecule has 0 unspecified atom stereocenters. The number of benzene rings is 3. The predicted octanol–water partition coefficient (Wildman–Crippen LogP) is 4.80. The molecule has 5 rings (SSSR count). The summed E-state index contributed by atoms with van der Waals surface area (Å²) in [5.74, 6) is 0.509. The number of nitrogen functional groups attached to an aromatic ring is 2. The van der Waals surface area contributed by atoms with Crippen molar-refractivity contribution in [3.63, 3.8) is 0 Å². The summed E-state index contributed by atoms with van der Waals surface area (Å²) >= 11 is 1.22. The number of rotatable bonds is 8. The summed E-state index contributed by atoms with van der Waals surface area (Å²) in [6.07, 6.45) is 1.34. The first-order valence-corrected chi connectivity index (χ1v) is 13.2. The number of nitrogens with two attached hydrogens (primary N) is 3. The van der Waals surface area contributed by atoms with Crippen molar-refractivity contribution in [3.8, 4) is 5.69 Å². The monoisotopic (exact) mass is 548 g/mol. The average Bonchev–Trinajstić information content (AvgIpc) is 2.93. The van der Waals surface area contributed by atoms with Gasteiger partial charge in [0.1, 0.15) is 18.0 Å². The highest BCUT2D eigenvalue weighted by molar-refractivity contribution is 8.03. The van der Waals surface area contributed by atoms with Gasteiger partial charge in [0.2, 0.25) is 0 Å². The number of para-hydroxylation sites is 1. The van der Waals surface area contributed by atoms with E-state index < -0.39 is 0 Å². The summed E-state index contributed by atoms with van der Waals surface area (Å²) in [5, 5.41) is 14.2. The predicted molar refractivity (Wildman–Crippen MR) is 164 cm³/mol. The van der Waals surface area contributed by atoms with Crippen molar-refractivity contribution in [1.29, 1.82) is 5.41 Å². The van der Waals surface area contributed by atoms with Crippen LogP contribution in [0, 0.1) is 12.3 Å². The van der Waals surface area contributed by atoms with E-state index in [2.05, 4.69) is 21.9 Å². The third-order valence-electron chi connectivity index (χ3n) is 6.45. The van der Waals surface area contributed by atoms with Gasteiger partial charge in [-0.1, -0.05) is 60.8 Å². The molecule has 0 spiro atoms. The Morgan fingerprint density at radius 3 is 2.58 bits per heavy atom. The van der Waals surface area contributed by atoms with Crippen molar-refractivity contribution in [2.45, 2.75) is 18.4 Å². The van der Waals surface area contributed by atoms with Crippen molar-refractivity contribution in [1.82, 2.24) is 14.5 Å². The van der Waals surface area contributed by atoms with Crippen LogP contribution in [0.1, 0.15) is 22.4 Å². The van der Waals surface area contributed by atoms with Crippen LogP contribution in [0.15, 0.2) is 100 Å². The highest BCUT2D eigenvalue weighted by Crippen LogP contribution is 2.31. The number of pyridine rings is 1. The van der Waals surface area contributed by atoms with Gasteiger partial charge >= 0.3 is 0 Å². The summed E-state index contributed by atoms with van der Waals surface area (Å²) in [5.41, 5.74) is 21.9. The lowest BCUT2D eigenvalue weighted by atomic mass is 10.0. The highest BCUT2D eigenvalue weighted by Gasteiger charge is 2.19. The normalized spacial score (nSPS) is 10.9. The van der Waals surface area contributed by atoms with Crippen LogP contribution in [-0.2, 0) is 6.54 Å². The Bertz CT molecular complexity index is 1830. The van der Waals surface area contributed by atoms with E-state index in [9.17, 15) is 4.79 Å². The zero-order valence-electron chi connectivity index (χ0n) is 21.8. The molecule has 0 atom stereocenters. The number of nitrogens with one attached hydrogen (secondary N) is 2. The van der Waals surface area contributed by atoms with Crippen LogP contribution in [0.2, 0.25) is 0 Å². The van der Waals surface area contributed by atoms with Crippen molar-refractivity contribution in [2.24, 2.45) is 5.73 Å². The standard InChI is InChI=1S/C30H28N8OS/c1-17-7-6-8-19-13-22(38(30(39)25(17)19)21-9-4-3-5-10-21)15-35-29-26(28(34)36-16-37-29)27(33)20-11-12-23(32)24(14-20)40-18(2)31/h3-14,16,33H,2,15,31-32H2,1H3,(H3,34,35,36,37). The van der Waals surface area contributed by atoms with E-state index in [1.165, 1.54) is 18.1 Å². The van der Waals surface area contributed by atoms with Crippen LogP contribution in [0.4, 0.5) is 17.3 Å². The van der Waals surface area contributed by atoms with E-state index in [-0.39, 0.29) is 23.6 Å². The van der Waals surface area contributed by atoms with Gasteiger partial charge in [0, 0.05) is 27.5 Å². The Kier molecular flexibility index (Phi) is 7.26. The molecule has 8 N–H and O–H groups in total. The number of thioether (sulfide) groups is 1. The minimum absolute atomic E-state index is 0.109. The second-order valence-corrected chi connectivity index (χ2v) is 10.4. The van der Waals surface area contributed by atoms with E-state index in [1.54, 1.807) is 22.8 Å². The zero-order chi connectivity index (χ0) is 28.4. The molecular weight excluding hydrogens is 520 g/mol. The molecule has 0 radical (unpaired) electrons. The molecule has 2 aromatic heterocycles. The summed E-state index contributed by atoms with van der Waals surface area (Å²) < 4.78 is 1.70. The van der Waals surface area contributed by atoms with Gasteiger partial charge in [0.15, 0.2) is 0 Å². The van der Waals surface area contributed by atoms with Crippen molar-refractivity contribution < 1.29 is 0 Å². The molecule has 0 amide bonds. The number of aryl methyl sites for hydroxylation is 1. The topological polar surface area (TPSA) is 162 Å². The molecule has 0 aliphatic heterocycles. The first kappa shape index (κ1) is 26.5. The molecule has 10 heteroatoms. The van der Waals surface area contributed by atoms with Crippen molar-refractivity contribution in [2.75, 3.05) is 16.8 Å². The third-order valence-corrected chi connectivity index (χ3v) is 7.29. The van der Waals surface area contributed by atoms with Gasteiger partial charge in [0.25, 0.3) is 5.56 Å². The fourth-order valence-corrected chi connectivity index (χ4v) is 5.25. The molecule has 0 aliphatic rings. The quantitative estimate of drug-likeness (QED) is 0.105. The number of aromatic nitrogens is 3. The lowest BCUT2D eigenvalue weighted by Gasteiger charge is -2.18. The fourth-order valence-electron chi connectivity index (χ4n) is 4.60. The molecule has 0 aliphatic carbocycles. The lowest BCUT2D eigenvalue weighted by Crippen LogP contribution is -2.24. The molecule has 0 bridgehead atoms. The molecule has 0 fully saturated rings. The van der Waals surface area contributed by atoms with Gasteiger partial charge in [-0.05, 0) is 48.2 Å². The smallest absolute Gasteiger partial charge is 0.263 e. The summed E-state index contributed by atoms with van der Waals surface area (Å²) in [4.78, 5) is 23.0. The number of fused-ring (bicyclic) bond motifs is 1. The second kappa shape index (κ2) is 11.0. The Hall–Kier alpha value is -5.09. The summed E-state index contributed by atoms with van der Waals surface area (Å²) in [6.45, 7) is 5.89. The van der Waals surface area contributed by atoms with Crippen LogP contribution >= 0.6 is 11.8 Å². The Morgan fingerprint density at radius 2 is 1.82 bits per heavy atom. The largest absolute Gasteiger partial charge is 0.398 e. The molecule has 2 heterocycles. The molecule has 40 heavy (non-hydrogen) atoms. The SMILES string of the molecule is C=C(N)Sc1cc(C(=N)c2c(N)ncnc2NCc2cc3cccc(C)c3c(=O)n2-c2ccccc2)ccc1N. The molecule has 3 aromatic carbocycles. The van der Waals surface area contributed by atoms with E-state index in [1.807, 2.05) is 61.5 Å². The van der Waals surface area contributed by atoms with Gasteiger partial charge < -0.3 is 22.5 Å². The first-order chi connectivity index (χ1) is 19.2. The molecule has 5 aromatic rings. The van der Waals surface area contributed by atoms with Crippen LogP contribution in [0.3, 0.4) is 0 Å². The number of hydrogen-bond donors (Lipinski definition) is 5. The minimum Gasteiger partial charge on any atom is -0.398 e. The van der Waals surface area contributed by atoms with Crippen molar-refractivity contribution in [3.05, 3.63) is 123 Å². The Labute approximate surface area is 235 Å². The average molecular weight is 549 g/mol. The van der Waals surface area contributed by atoms with Gasteiger partial charge in [-0.15, -0.1) is 0 Å². The molecule has 9 nitrogen and oxygen atoms in total. The van der Waals surface area contributed by atoms with Crippen LogP contribution in [0.5, 0.6) is 0 Å². The van der Waals surface area contributed by atoms with E-state index in [4.69, 9.17) is 22.6 Å². The lowest BCUT2D eigenvalue weighted by molar-refractivity contribution is 0.889. The molecule has 0 saturated heterocycles. The van der Waals surface area contributed by atoms with Crippen LogP contribution in [-0.4, -0.2) is 20.2 Å². The second-order valence-electron chi connectivity index (χ2n) is 9.18. The van der Waals surface area contributed by atoms with Gasteiger partial charge in [-0.2, -0.15) is 0 Å². The minimum atomic E-state index is -0.109. The van der Waals surface area contributed by atoms with E-state index in [0.29, 0.717) is 37.9 Å². The van der Waals surface area contributed by atoms with E-state index in [0.717, 1.165) is 22.3 Å². The van der Waals surface area contributed by atoms with Crippen LogP contribution in [0.25, 0.3) is 16.5 Å². The number of nitrogens with zero attached hydrogens (tertiary/aromatic N) is 3.